The first-order valence-corrected chi connectivity index (χ1v) is 8.64. The third kappa shape index (κ3) is 3.50. The van der Waals surface area contributed by atoms with Gasteiger partial charge in [0.25, 0.3) is 5.91 Å². The van der Waals surface area contributed by atoms with E-state index in [1.807, 2.05) is 66.3 Å². The van der Waals surface area contributed by atoms with Crippen LogP contribution in [0.3, 0.4) is 0 Å². The maximum absolute atomic E-state index is 12.6. The van der Waals surface area contributed by atoms with Crippen molar-refractivity contribution in [2.45, 2.75) is 13.5 Å². The molecular formula is C20H20N4O2. The average molecular weight is 348 g/mol. The van der Waals surface area contributed by atoms with Crippen LogP contribution < -0.4 is 5.32 Å². The molecule has 0 bridgehead atoms. The number of hydrogen-bond donors (Lipinski definition) is 1. The molecular weight excluding hydrogens is 328 g/mol. The largest absolute Gasteiger partial charge is 0.381 e. The molecule has 0 spiro atoms. The smallest absolute Gasteiger partial charge is 0.255 e. The summed E-state index contributed by atoms with van der Waals surface area (Å²) in [5, 5.41) is 11.4. The maximum Gasteiger partial charge on any atom is 0.255 e. The molecule has 3 aromatic rings. The predicted octanol–water partition coefficient (Wildman–Crippen LogP) is 3.15. The zero-order chi connectivity index (χ0) is 17.9. The Kier molecular flexibility index (Phi) is 4.50. The van der Waals surface area contributed by atoms with Crippen molar-refractivity contribution in [2.24, 2.45) is 5.92 Å². The summed E-state index contributed by atoms with van der Waals surface area (Å²) in [6.45, 7) is 4.30. The van der Waals surface area contributed by atoms with E-state index in [9.17, 15) is 4.79 Å². The molecule has 1 fully saturated rings. The van der Waals surface area contributed by atoms with Crippen molar-refractivity contribution >= 4 is 11.6 Å². The summed E-state index contributed by atoms with van der Waals surface area (Å²) in [6.07, 6.45) is 1.92. The third-order valence-electron chi connectivity index (χ3n) is 4.50. The Morgan fingerprint density at radius 3 is 2.77 bits per heavy atom. The first-order chi connectivity index (χ1) is 12.7. The molecule has 1 N–H and O–H groups in total. The molecule has 0 radical (unpaired) electrons. The summed E-state index contributed by atoms with van der Waals surface area (Å²) in [7, 11) is 0. The van der Waals surface area contributed by atoms with Crippen molar-refractivity contribution < 1.29 is 9.53 Å². The van der Waals surface area contributed by atoms with Gasteiger partial charge in [-0.15, -0.1) is 5.10 Å². The Morgan fingerprint density at radius 1 is 1.23 bits per heavy atom. The van der Waals surface area contributed by atoms with Crippen LogP contribution in [0.5, 0.6) is 0 Å². The van der Waals surface area contributed by atoms with Gasteiger partial charge in [-0.3, -0.25) is 9.48 Å². The van der Waals surface area contributed by atoms with Crippen LogP contribution in [0.1, 0.15) is 15.9 Å². The van der Waals surface area contributed by atoms with Crippen molar-refractivity contribution in [1.82, 2.24) is 15.0 Å². The highest BCUT2D eigenvalue weighted by Crippen LogP contribution is 2.22. The number of amides is 1. The van der Waals surface area contributed by atoms with E-state index in [0.717, 1.165) is 42.3 Å². The van der Waals surface area contributed by atoms with E-state index in [4.69, 9.17) is 4.74 Å². The second kappa shape index (κ2) is 7.09. The highest BCUT2D eigenvalue weighted by Gasteiger charge is 2.20. The molecule has 6 heteroatoms. The van der Waals surface area contributed by atoms with Gasteiger partial charge in [-0.1, -0.05) is 35.5 Å². The average Bonchev–Trinajstić information content (AvgIpc) is 3.08. The van der Waals surface area contributed by atoms with Crippen molar-refractivity contribution in [3.63, 3.8) is 0 Å². The van der Waals surface area contributed by atoms with Crippen LogP contribution in [0, 0.1) is 12.8 Å². The van der Waals surface area contributed by atoms with Gasteiger partial charge in [0, 0.05) is 29.3 Å². The van der Waals surface area contributed by atoms with Gasteiger partial charge in [-0.2, -0.15) is 0 Å². The summed E-state index contributed by atoms with van der Waals surface area (Å²) >= 11 is 0. The van der Waals surface area contributed by atoms with E-state index >= 15 is 0 Å². The van der Waals surface area contributed by atoms with Crippen molar-refractivity contribution in [3.8, 4) is 11.3 Å². The van der Waals surface area contributed by atoms with Crippen LogP contribution in [0.15, 0.2) is 54.7 Å². The third-order valence-corrected chi connectivity index (χ3v) is 4.50. The zero-order valence-corrected chi connectivity index (χ0v) is 14.6. The molecule has 2 heterocycles. The molecule has 1 aliphatic heterocycles. The van der Waals surface area contributed by atoms with Crippen LogP contribution in [0.25, 0.3) is 11.3 Å². The van der Waals surface area contributed by atoms with Crippen LogP contribution in [-0.2, 0) is 11.3 Å². The number of carbonyl (C=O) groups excluding carboxylic acids is 1. The fraction of sp³-hybridized carbons (Fsp3) is 0.250. The Hall–Kier alpha value is -2.99. The van der Waals surface area contributed by atoms with E-state index < -0.39 is 0 Å². The number of aryl methyl sites for hydroxylation is 1. The van der Waals surface area contributed by atoms with Crippen molar-refractivity contribution in [2.75, 3.05) is 18.5 Å². The topological polar surface area (TPSA) is 69.0 Å². The first-order valence-electron chi connectivity index (χ1n) is 8.64. The predicted molar refractivity (Wildman–Crippen MR) is 98.9 cm³/mol. The Balaban J connectivity index is 1.54. The molecule has 0 saturated carbocycles. The number of ether oxygens (including phenoxy) is 1. The van der Waals surface area contributed by atoms with Crippen LogP contribution in [0.4, 0.5) is 5.69 Å². The summed E-state index contributed by atoms with van der Waals surface area (Å²) in [4.78, 5) is 12.6. The fourth-order valence-electron chi connectivity index (χ4n) is 2.92. The van der Waals surface area contributed by atoms with Gasteiger partial charge in [0.1, 0.15) is 5.69 Å². The van der Waals surface area contributed by atoms with Gasteiger partial charge >= 0.3 is 0 Å². The maximum atomic E-state index is 12.6. The SMILES string of the molecule is Cc1ccc(-c2cn(CC3COC3)nn2)cc1C(=O)Nc1ccccc1. The lowest BCUT2D eigenvalue weighted by molar-refractivity contribution is -0.0410. The molecule has 26 heavy (non-hydrogen) atoms. The Morgan fingerprint density at radius 2 is 2.04 bits per heavy atom. The minimum Gasteiger partial charge on any atom is -0.381 e. The molecule has 132 valence electrons. The lowest BCUT2D eigenvalue weighted by Gasteiger charge is -2.25. The molecule has 2 aromatic carbocycles. The summed E-state index contributed by atoms with van der Waals surface area (Å²) < 4.78 is 7.04. The van der Waals surface area contributed by atoms with Gasteiger partial charge in [-0.25, -0.2) is 0 Å². The zero-order valence-electron chi connectivity index (χ0n) is 14.6. The first kappa shape index (κ1) is 16.5. The molecule has 6 nitrogen and oxygen atoms in total. The molecule has 0 atom stereocenters. The fourth-order valence-corrected chi connectivity index (χ4v) is 2.92. The van der Waals surface area contributed by atoms with Gasteiger partial charge in [0.15, 0.2) is 0 Å². The quantitative estimate of drug-likeness (QED) is 0.769. The van der Waals surface area contributed by atoms with Crippen molar-refractivity contribution in [3.05, 3.63) is 65.9 Å². The van der Waals surface area contributed by atoms with E-state index in [-0.39, 0.29) is 5.91 Å². The molecule has 1 amide bonds. The summed E-state index contributed by atoms with van der Waals surface area (Å²) in [5.41, 5.74) is 3.97. The number of para-hydroxylation sites is 1. The second-order valence-corrected chi connectivity index (χ2v) is 6.58. The number of carbonyl (C=O) groups is 1. The summed E-state index contributed by atoms with van der Waals surface area (Å²) in [6, 6.07) is 15.2. The normalized spacial score (nSPS) is 14.0. The number of nitrogens with zero attached hydrogens (tertiary/aromatic N) is 3. The number of hydrogen-bond acceptors (Lipinski definition) is 4. The summed E-state index contributed by atoms with van der Waals surface area (Å²) in [5.74, 6) is 0.379. The van der Waals surface area contributed by atoms with E-state index in [1.54, 1.807) is 0 Å². The number of anilines is 1. The number of nitrogens with one attached hydrogen (secondary N) is 1. The van der Waals surface area contributed by atoms with Crippen LogP contribution in [0.2, 0.25) is 0 Å². The number of rotatable bonds is 5. The molecule has 1 aromatic heterocycles. The molecule has 0 aliphatic carbocycles. The molecule has 1 aliphatic rings. The van der Waals surface area contributed by atoms with Gasteiger partial charge in [0.2, 0.25) is 0 Å². The Labute approximate surface area is 151 Å². The van der Waals surface area contributed by atoms with Gasteiger partial charge in [0.05, 0.1) is 19.4 Å². The molecule has 1 saturated heterocycles. The standard InChI is InChI=1S/C20H20N4O2/c1-14-7-8-16(19-11-24(23-22-19)10-15-12-26-13-15)9-18(14)20(25)21-17-5-3-2-4-6-17/h2-9,11,15H,10,12-13H2,1H3,(H,21,25). The van der Waals surface area contributed by atoms with Gasteiger partial charge in [-0.05, 0) is 30.7 Å². The number of benzene rings is 2. The molecule has 4 rings (SSSR count). The second-order valence-electron chi connectivity index (χ2n) is 6.58. The van der Waals surface area contributed by atoms with E-state index in [1.165, 1.54) is 0 Å². The Bertz CT molecular complexity index is 917. The van der Waals surface area contributed by atoms with E-state index in [0.29, 0.717) is 11.5 Å². The highest BCUT2D eigenvalue weighted by molar-refractivity contribution is 6.05. The number of aromatic nitrogens is 3. The minimum absolute atomic E-state index is 0.130. The highest BCUT2D eigenvalue weighted by atomic mass is 16.5. The van der Waals surface area contributed by atoms with Crippen LogP contribution >= 0.6 is 0 Å². The lowest BCUT2D eigenvalue weighted by Crippen LogP contribution is -2.31. The van der Waals surface area contributed by atoms with Crippen LogP contribution in [-0.4, -0.2) is 34.1 Å². The van der Waals surface area contributed by atoms with Crippen molar-refractivity contribution in [1.29, 1.82) is 0 Å². The van der Waals surface area contributed by atoms with E-state index in [2.05, 4.69) is 15.6 Å². The molecule has 0 unspecified atom stereocenters. The lowest BCUT2D eigenvalue weighted by atomic mass is 10.0. The minimum atomic E-state index is -0.130. The van der Waals surface area contributed by atoms with Gasteiger partial charge < -0.3 is 10.1 Å². The monoisotopic (exact) mass is 348 g/mol.